The fraction of sp³-hybridized carbons (Fsp3) is 0.400. The molecule has 0 aliphatic carbocycles. The maximum Gasteiger partial charge on any atom is 0.240 e. The van der Waals surface area contributed by atoms with Crippen molar-refractivity contribution in [3.63, 3.8) is 0 Å². The second-order valence-electron chi connectivity index (χ2n) is 5.72. The SMILES string of the molecule is CC(=O)NC1=NN(C(C)=O)[C@](C)(CCS(=O)(=O)c2ccc(Br)cc2)S1. The van der Waals surface area contributed by atoms with Crippen LogP contribution in [0.1, 0.15) is 27.2 Å². The first-order valence-corrected chi connectivity index (χ1v) is 10.6. The van der Waals surface area contributed by atoms with Gasteiger partial charge in [-0.25, -0.2) is 13.4 Å². The molecular formula is C15H18BrN3O4S2. The van der Waals surface area contributed by atoms with E-state index in [-0.39, 0.29) is 34.1 Å². The van der Waals surface area contributed by atoms with Crippen LogP contribution in [0.25, 0.3) is 0 Å². The average molecular weight is 448 g/mol. The highest BCUT2D eigenvalue weighted by Crippen LogP contribution is 2.39. The molecule has 25 heavy (non-hydrogen) atoms. The molecule has 0 bridgehead atoms. The van der Waals surface area contributed by atoms with Gasteiger partial charge in [-0.05, 0) is 37.6 Å². The van der Waals surface area contributed by atoms with Crippen LogP contribution in [0.2, 0.25) is 0 Å². The van der Waals surface area contributed by atoms with Crippen molar-refractivity contribution in [1.82, 2.24) is 10.3 Å². The normalized spacial score (nSPS) is 20.3. The van der Waals surface area contributed by atoms with Gasteiger partial charge in [0.15, 0.2) is 15.0 Å². The molecule has 0 unspecified atom stereocenters. The maximum absolute atomic E-state index is 12.5. The number of amidine groups is 1. The van der Waals surface area contributed by atoms with Crippen molar-refractivity contribution >= 4 is 54.5 Å². The van der Waals surface area contributed by atoms with Crippen molar-refractivity contribution in [3.8, 4) is 0 Å². The van der Waals surface area contributed by atoms with Crippen LogP contribution in [-0.2, 0) is 19.4 Å². The summed E-state index contributed by atoms with van der Waals surface area (Å²) in [5, 5.41) is 8.14. The van der Waals surface area contributed by atoms with E-state index in [1.54, 1.807) is 19.1 Å². The third-order valence-corrected chi connectivity index (χ3v) is 7.00. The predicted molar refractivity (Wildman–Crippen MR) is 101 cm³/mol. The zero-order valence-electron chi connectivity index (χ0n) is 13.9. The Morgan fingerprint density at radius 2 is 1.88 bits per heavy atom. The van der Waals surface area contributed by atoms with E-state index in [9.17, 15) is 18.0 Å². The van der Waals surface area contributed by atoms with E-state index in [1.165, 1.54) is 42.8 Å². The van der Waals surface area contributed by atoms with E-state index in [4.69, 9.17) is 0 Å². The van der Waals surface area contributed by atoms with Gasteiger partial charge in [0.2, 0.25) is 11.8 Å². The fourth-order valence-electron chi connectivity index (χ4n) is 2.31. The highest BCUT2D eigenvalue weighted by atomic mass is 79.9. The lowest BCUT2D eigenvalue weighted by molar-refractivity contribution is -0.131. The van der Waals surface area contributed by atoms with Gasteiger partial charge >= 0.3 is 0 Å². The Balaban J connectivity index is 2.16. The third-order valence-electron chi connectivity index (χ3n) is 3.54. The fourth-order valence-corrected chi connectivity index (χ4v) is 5.35. The average Bonchev–Trinajstić information content (AvgIpc) is 2.82. The van der Waals surface area contributed by atoms with E-state index >= 15 is 0 Å². The van der Waals surface area contributed by atoms with Crippen LogP contribution in [0.4, 0.5) is 0 Å². The molecule has 0 fully saturated rings. The number of carbonyl (C=O) groups is 2. The number of carbonyl (C=O) groups excluding carboxylic acids is 2. The summed E-state index contributed by atoms with van der Waals surface area (Å²) in [7, 11) is -3.50. The molecule has 2 rings (SSSR count). The molecule has 10 heteroatoms. The van der Waals surface area contributed by atoms with Crippen molar-refractivity contribution in [2.24, 2.45) is 5.10 Å². The number of hydrogen-bond acceptors (Lipinski definition) is 6. The number of amides is 2. The summed E-state index contributed by atoms with van der Waals surface area (Å²) in [6.07, 6.45) is 0.169. The second kappa shape index (κ2) is 7.46. The van der Waals surface area contributed by atoms with Crippen molar-refractivity contribution < 1.29 is 18.0 Å². The smallest absolute Gasteiger partial charge is 0.240 e. The number of thioether (sulfide) groups is 1. The molecule has 1 N–H and O–H groups in total. The van der Waals surface area contributed by atoms with E-state index in [2.05, 4.69) is 26.3 Å². The zero-order valence-corrected chi connectivity index (χ0v) is 17.2. The van der Waals surface area contributed by atoms with Crippen molar-refractivity contribution in [3.05, 3.63) is 28.7 Å². The Hall–Kier alpha value is -1.39. The van der Waals surface area contributed by atoms with Crippen molar-refractivity contribution in [1.29, 1.82) is 0 Å². The Kier molecular flexibility index (Phi) is 5.95. The molecule has 1 aromatic carbocycles. The number of nitrogens with zero attached hydrogens (tertiary/aromatic N) is 2. The van der Waals surface area contributed by atoms with E-state index in [1.807, 2.05) is 0 Å². The number of sulfone groups is 1. The van der Waals surface area contributed by atoms with Gasteiger partial charge in [-0.15, -0.1) is 5.10 Å². The number of halogens is 1. The van der Waals surface area contributed by atoms with Gasteiger partial charge in [0.1, 0.15) is 4.87 Å². The summed E-state index contributed by atoms with van der Waals surface area (Å²) >= 11 is 4.44. The van der Waals surface area contributed by atoms with Crippen LogP contribution in [0.3, 0.4) is 0 Å². The van der Waals surface area contributed by atoms with Crippen molar-refractivity contribution in [2.45, 2.75) is 37.0 Å². The minimum atomic E-state index is -3.50. The van der Waals surface area contributed by atoms with Gasteiger partial charge in [-0.3, -0.25) is 9.59 Å². The molecule has 2 amide bonds. The molecule has 0 saturated carbocycles. The van der Waals surface area contributed by atoms with Crippen LogP contribution in [0.5, 0.6) is 0 Å². The first-order valence-electron chi connectivity index (χ1n) is 7.38. The van der Waals surface area contributed by atoms with Gasteiger partial charge in [0, 0.05) is 18.3 Å². The summed E-state index contributed by atoms with van der Waals surface area (Å²) in [6.45, 7) is 4.42. The molecular weight excluding hydrogens is 430 g/mol. The molecule has 136 valence electrons. The summed E-state index contributed by atoms with van der Waals surface area (Å²) < 4.78 is 25.9. The molecule has 1 atom stereocenters. The quantitative estimate of drug-likeness (QED) is 0.763. The van der Waals surface area contributed by atoms with E-state index in [0.717, 1.165) is 4.47 Å². The minimum absolute atomic E-state index is 0.148. The first-order chi connectivity index (χ1) is 11.5. The number of hydrazone groups is 1. The molecule has 1 heterocycles. The lowest BCUT2D eigenvalue weighted by atomic mass is 10.2. The van der Waals surface area contributed by atoms with Crippen LogP contribution < -0.4 is 5.32 Å². The largest absolute Gasteiger partial charge is 0.304 e. The summed E-state index contributed by atoms with van der Waals surface area (Å²) in [5.41, 5.74) is 0. The van der Waals surface area contributed by atoms with Gasteiger partial charge in [-0.2, -0.15) is 0 Å². The van der Waals surface area contributed by atoms with Crippen molar-refractivity contribution in [2.75, 3.05) is 5.75 Å². The summed E-state index contributed by atoms with van der Waals surface area (Å²) in [6, 6.07) is 6.40. The molecule has 1 aliphatic rings. The Morgan fingerprint density at radius 3 is 2.40 bits per heavy atom. The standard InChI is InChI=1S/C15H18BrN3O4S2/c1-10(20)17-14-18-19(11(2)21)15(3,24-14)8-9-25(22,23)13-6-4-12(16)5-7-13/h4-7H,8-9H2,1-3H3,(H,17,18,20)/t15-/m0/s1. The third kappa shape index (κ3) is 4.83. The molecule has 0 spiro atoms. The van der Waals surface area contributed by atoms with Gasteiger partial charge in [0.25, 0.3) is 0 Å². The van der Waals surface area contributed by atoms with E-state index in [0.29, 0.717) is 0 Å². The molecule has 0 aromatic heterocycles. The molecule has 0 saturated heterocycles. The molecule has 1 aromatic rings. The summed E-state index contributed by atoms with van der Waals surface area (Å²) in [4.78, 5) is 22.4. The zero-order chi connectivity index (χ0) is 18.8. The highest BCUT2D eigenvalue weighted by molar-refractivity contribution is 9.10. The lowest BCUT2D eigenvalue weighted by Crippen LogP contribution is -2.41. The molecule has 0 radical (unpaired) electrons. The number of nitrogens with one attached hydrogen (secondary N) is 1. The van der Waals surface area contributed by atoms with Crippen LogP contribution >= 0.6 is 27.7 Å². The van der Waals surface area contributed by atoms with Gasteiger partial charge in [-0.1, -0.05) is 27.7 Å². The van der Waals surface area contributed by atoms with E-state index < -0.39 is 14.7 Å². The Morgan fingerprint density at radius 1 is 1.28 bits per heavy atom. The predicted octanol–water partition coefficient (Wildman–Crippen LogP) is 2.33. The second-order valence-corrected chi connectivity index (χ2v) is 10.2. The molecule has 7 nitrogen and oxygen atoms in total. The molecule has 1 aliphatic heterocycles. The number of hydrogen-bond donors (Lipinski definition) is 1. The highest BCUT2D eigenvalue weighted by Gasteiger charge is 2.43. The Bertz CT molecular complexity index is 824. The monoisotopic (exact) mass is 447 g/mol. The summed E-state index contributed by atoms with van der Waals surface area (Å²) in [5.74, 6) is -0.775. The van der Waals surface area contributed by atoms with Gasteiger partial charge < -0.3 is 5.32 Å². The number of rotatable bonds is 4. The van der Waals surface area contributed by atoms with Gasteiger partial charge in [0.05, 0.1) is 10.6 Å². The number of benzene rings is 1. The van der Waals surface area contributed by atoms with Crippen LogP contribution in [0.15, 0.2) is 38.7 Å². The minimum Gasteiger partial charge on any atom is -0.304 e. The van der Waals surface area contributed by atoms with Crippen LogP contribution in [0, 0.1) is 0 Å². The van der Waals surface area contributed by atoms with Crippen LogP contribution in [-0.4, -0.2) is 41.0 Å². The topological polar surface area (TPSA) is 95.9 Å². The Labute approximate surface area is 159 Å². The maximum atomic E-state index is 12.5. The lowest BCUT2D eigenvalue weighted by Gasteiger charge is -2.30. The first kappa shape index (κ1) is 19.9.